The number of carbonyl (C=O) groups excluding carboxylic acids is 1. The third-order valence-electron chi connectivity index (χ3n) is 3.13. The predicted molar refractivity (Wildman–Crippen MR) is 59.4 cm³/mol. The molecule has 1 rings (SSSR count). The molecule has 2 atom stereocenters. The van der Waals surface area contributed by atoms with Crippen LogP contribution < -0.4 is 5.32 Å². The van der Waals surface area contributed by atoms with Crippen LogP contribution in [0.3, 0.4) is 0 Å². The molecule has 0 bridgehead atoms. The highest BCUT2D eigenvalue weighted by molar-refractivity contribution is 6.18. The van der Waals surface area contributed by atoms with Gasteiger partial charge in [0.2, 0.25) is 5.91 Å². The smallest absolute Gasteiger partial charge is 0.223 e. The molecule has 1 fully saturated rings. The molecule has 0 aromatic rings. The monoisotopic (exact) mass is 217 g/mol. The Hall–Kier alpha value is -0.240. The van der Waals surface area contributed by atoms with E-state index in [1.165, 1.54) is 0 Å². The van der Waals surface area contributed by atoms with Crippen LogP contribution in [-0.2, 0) is 4.79 Å². The van der Waals surface area contributed by atoms with Crippen molar-refractivity contribution in [2.24, 2.45) is 17.3 Å². The zero-order valence-corrected chi connectivity index (χ0v) is 10.2. The number of hydrogen-bond acceptors (Lipinski definition) is 1. The van der Waals surface area contributed by atoms with E-state index in [2.05, 4.69) is 33.0 Å². The molecule has 0 aromatic carbocycles. The lowest BCUT2D eigenvalue weighted by atomic mass is 10.1. The molecular formula is C11H20ClNO. The Kier molecular flexibility index (Phi) is 3.46. The van der Waals surface area contributed by atoms with E-state index in [0.717, 1.165) is 6.42 Å². The highest BCUT2D eigenvalue weighted by atomic mass is 35.5. The standard InChI is InChI=1S/C11H20ClNO/c1-7(2)9(6-12)13-10(14)8-5-11(8,3)4/h7-9H,5-6H2,1-4H3,(H,13,14). The number of hydrogen-bond donors (Lipinski definition) is 1. The molecule has 0 heterocycles. The summed E-state index contributed by atoms with van der Waals surface area (Å²) in [6.07, 6.45) is 1.01. The second kappa shape index (κ2) is 4.09. The van der Waals surface area contributed by atoms with E-state index in [0.29, 0.717) is 11.8 Å². The van der Waals surface area contributed by atoms with Crippen molar-refractivity contribution >= 4 is 17.5 Å². The summed E-state index contributed by atoms with van der Waals surface area (Å²) in [5, 5.41) is 3.01. The first-order chi connectivity index (χ1) is 6.38. The Morgan fingerprint density at radius 1 is 1.57 bits per heavy atom. The van der Waals surface area contributed by atoms with E-state index in [1.54, 1.807) is 0 Å². The second-order valence-electron chi connectivity index (χ2n) is 5.26. The molecule has 2 unspecified atom stereocenters. The van der Waals surface area contributed by atoms with Crippen LogP contribution in [0.1, 0.15) is 34.1 Å². The lowest BCUT2D eigenvalue weighted by Crippen LogP contribution is -2.41. The van der Waals surface area contributed by atoms with Gasteiger partial charge in [-0.15, -0.1) is 11.6 Å². The average molecular weight is 218 g/mol. The molecule has 3 heteroatoms. The fraction of sp³-hybridized carbons (Fsp3) is 0.909. The van der Waals surface area contributed by atoms with E-state index in [-0.39, 0.29) is 23.3 Å². The molecule has 0 spiro atoms. The zero-order valence-electron chi connectivity index (χ0n) is 9.43. The molecule has 14 heavy (non-hydrogen) atoms. The van der Waals surface area contributed by atoms with Gasteiger partial charge in [0.1, 0.15) is 0 Å². The first kappa shape index (κ1) is 11.8. The number of carbonyl (C=O) groups is 1. The summed E-state index contributed by atoms with van der Waals surface area (Å²) in [4.78, 5) is 11.7. The topological polar surface area (TPSA) is 29.1 Å². The number of amides is 1. The molecule has 1 amide bonds. The van der Waals surface area contributed by atoms with E-state index in [1.807, 2.05) is 0 Å². The van der Waals surface area contributed by atoms with Gasteiger partial charge in [-0.2, -0.15) is 0 Å². The highest BCUT2D eigenvalue weighted by Gasteiger charge is 2.50. The number of rotatable bonds is 4. The van der Waals surface area contributed by atoms with Crippen molar-refractivity contribution in [3.8, 4) is 0 Å². The van der Waals surface area contributed by atoms with E-state index >= 15 is 0 Å². The van der Waals surface area contributed by atoms with Crippen molar-refractivity contribution in [2.75, 3.05) is 5.88 Å². The van der Waals surface area contributed by atoms with Gasteiger partial charge in [-0.1, -0.05) is 27.7 Å². The molecule has 1 N–H and O–H groups in total. The molecule has 2 nitrogen and oxygen atoms in total. The van der Waals surface area contributed by atoms with E-state index in [9.17, 15) is 4.79 Å². The quantitative estimate of drug-likeness (QED) is 0.720. The highest BCUT2D eigenvalue weighted by Crippen LogP contribution is 2.51. The summed E-state index contributed by atoms with van der Waals surface area (Å²) in [7, 11) is 0. The number of alkyl halides is 1. The summed E-state index contributed by atoms with van der Waals surface area (Å²) in [6.45, 7) is 8.40. The van der Waals surface area contributed by atoms with Crippen LogP contribution in [0.25, 0.3) is 0 Å². The molecule has 82 valence electrons. The first-order valence-electron chi connectivity index (χ1n) is 5.25. The van der Waals surface area contributed by atoms with Crippen LogP contribution in [0.4, 0.5) is 0 Å². The van der Waals surface area contributed by atoms with Crippen molar-refractivity contribution in [3.05, 3.63) is 0 Å². The van der Waals surface area contributed by atoms with Crippen molar-refractivity contribution in [1.29, 1.82) is 0 Å². The SMILES string of the molecule is CC(C)C(CCl)NC(=O)C1CC1(C)C. The third kappa shape index (κ3) is 2.63. The normalized spacial score (nSPS) is 26.0. The van der Waals surface area contributed by atoms with Crippen molar-refractivity contribution in [1.82, 2.24) is 5.32 Å². The van der Waals surface area contributed by atoms with Crippen LogP contribution >= 0.6 is 11.6 Å². The molecule has 1 aliphatic rings. The minimum atomic E-state index is 0.112. The van der Waals surface area contributed by atoms with Crippen molar-refractivity contribution in [2.45, 2.75) is 40.2 Å². The van der Waals surface area contributed by atoms with Gasteiger partial charge < -0.3 is 5.32 Å². The summed E-state index contributed by atoms with van der Waals surface area (Å²) < 4.78 is 0. The minimum Gasteiger partial charge on any atom is -0.352 e. The van der Waals surface area contributed by atoms with E-state index < -0.39 is 0 Å². The summed E-state index contributed by atoms with van der Waals surface area (Å²) in [6, 6.07) is 0.112. The Balaban J connectivity index is 2.41. The maximum Gasteiger partial charge on any atom is 0.223 e. The molecule has 0 aromatic heterocycles. The fourth-order valence-corrected chi connectivity index (χ4v) is 2.01. The van der Waals surface area contributed by atoms with Crippen LogP contribution in [0.15, 0.2) is 0 Å². The Morgan fingerprint density at radius 3 is 2.36 bits per heavy atom. The minimum absolute atomic E-state index is 0.112. The largest absolute Gasteiger partial charge is 0.352 e. The maximum atomic E-state index is 11.7. The molecule has 1 saturated carbocycles. The van der Waals surface area contributed by atoms with Crippen molar-refractivity contribution < 1.29 is 4.79 Å². The van der Waals surface area contributed by atoms with Crippen LogP contribution in [-0.4, -0.2) is 17.8 Å². The Bertz CT molecular complexity index is 225. The molecular weight excluding hydrogens is 198 g/mol. The van der Waals surface area contributed by atoms with Crippen molar-refractivity contribution in [3.63, 3.8) is 0 Å². The third-order valence-corrected chi connectivity index (χ3v) is 3.46. The second-order valence-corrected chi connectivity index (χ2v) is 5.57. The predicted octanol–water partition coefficient (Wildman–Crippen LogP) is 2.41. The average Bonchev–Trinajstić information content (AvgIpc) is 2.70. The van der Waals surface area contributed by atoms with Crippen LogP contribution in [0.5, 0.6) is 0 Å². The van der Waals surface area contributed by atoms with Crippen LogP contribution in [0, 0.1) is 17.3 Å². The van der Waals surface area contributed by atoms with Gasteiger partial charge in [0, 0.05) is 17.8 Å². The Morgan fingerprint density at radius 2 is 2.07 bits per heavy atom. The molecule has 1 aliphatic carbocycles. The van der Waals surface area contributed by atoms with Crippen LogP contribution in [0.2, 0.25) is 0 Å². The first-order valence-corrected chi connectivity index (χ1v) is 5.78. The summed E-state index contributed by atoms with van der Waals surface area (Å²) in [5.74, 6) is 1.27. The molecule has 0 saturated heterocycles. The van der Waals surface area contributed by atoms with Gasteiger partial charge in [-0.25, -0.2) is 0 Å². The summed E-state index contributed by atoms with van der Waals surface area (Å²) in [5.41, 5.74) is 0.206. The van der Waals surface area contributed by atoms with Gasteiger partial charge >= 0.3 is 0 Å². The van der Waals surface area contributed by atoms with Gasteiger partial charge in [0.05, 0.1) is 0 Å². The lowest BCUT2D eigenvalue weighted by Gasteiger charge is -2.20. The number of nitrogens with one attached hydrogen (secondary N) is 1. The zero-order chi connectivity index (χ0) is 10.9. The number of halogens is 1. The van der Waals surface area contributed by atoms with Gasteiger partial charge in [0.15, 0.2) is 0 Å². The van der Waals surface area contributed by atoms with E-state index in [4.69, 9.17) is 11.6 Å². The maximum absolute atomic E-state index is 11.7. The Labute approximate surface area is 91.4 Å². The van der Waals surface area contributed by atoms with Gasteiger partial charge in [-0.3, -0.25) is 4.79 Å². The molecule has 0 radical (unpaired) electrons. The molecule has 0 aliphatic heterocycles. The fourth-order valence-electron chi connectivity index (χ4n) is 1.58. The van der Waals surface area contributed by atoms with Gasteiger partial charge in [0.25, 0.3) is 0 Å². The summed E-state index contributed by atoms with van der Waals surface area (Å²) >= 11 is 5.79. The lowest BCUT2D eigenvalue weighted by molar-refractivity contribution is -0.123. The van der Waals surface area contributed by atoms with Gasteiger partial charge in [-0.05, 0) is 17.8 Å².